The molecular formula is C16H13N3O2. The second-order valence-corrected chi connectivity index (χ2v) is 4.57. The van der Waals surface area contributed by atoms with E-state index in [2.05, 4.69) is 10.3 Å². The van der Waals surface area contributed by atoms with Crippen LogP contribution in [-0.2, 0) is 0 Å². The van der Waals surface area contributed by atoms with Gasteiger partial charge in [-0.25, -0.2) is 4.98 Å². The maximum absolute atomic E-state index is 12.2. The van der Waals surface area contributed by atoms with Gasteiger partial charge in [-0.15, -0.1) is 0 Å². The van der Waals surface area contributed by atoms with Gasteiger partial charge in [-0.05, 0) is 24.3 Å². The van der Waals surface area contributed by atoms with E-state index in [-0.39, 0.29) is 17.4 Å². The number of carbonyl (C=O) groups is 1. The molecule has 0 bridgehead atoms. The van der Waals surface area contributed by atoms with E-state index in [0.29, 0.717) is 16.8 Å². The lowest BCUT2D eigenvalue weighted by atomic mass is 10.1. The molecule has 104 valence electrons. The van der Waals surface area contributed by atoms with Gasteiger partial charge in [0.15, 0.2) is 5.69 Å². The molecule has 0 unspecified atom stereocenters. The van der Waals surface area contributed by atoms with Crippen LogP contribution < -0.4 is 11.1 Å². The first-order valence-corrected chi connectivity index (χ1v) is 6.39. The maximum Gasteiger partial charge on any atom is 0.276 e. The number of benzene rings is 2. The lowest BCUT2D eigenvalue weighted by Crippen LogP contribution is -2.15. The first-order valence-electron chi connectivity index (χ1n) is 6.39. The minimum absolute atomic E-state index is 0.168. The fraction of sp³-hybridized carbons (Fsp3) is 0. The van der Waals surface area contributed by atoms with Crippen LogP contribution in [0.15, 0.2) is 54.7 Å². The van der Waals surface area contributed by atoms with Crippen molar-refractivity contribution in [2.45, 2.75) is 0 Å². The zero-order chi connectivity index (χ0) is 14.8. The van der Waals surface area contributed by atoms with Gasteiger partial charge in [0.1, 0.15) is 5.75 Å². The molecule has 0 aliphatic rings. The fourth-order valence-electron chi connectivity index (χ4n) is 2.19. The molecular weight excluding hydrogens is 266 g/mol. The van der Waals surface area contributed by atoms with Crippen LogP contribution in [0.25, 0.3) is 10.8 Å². The number of fused-ring (bicyclic) bond motifs is 1. The molecule has 0 saturated heterocycles. The van der Waals surface area contributed by atoms with E-state index in [1.807, 2.05) is 6.07 Å². The van der Waals surface area contributed by atoms with Gasteiger partial charge in [-0.2, -0.15) is 0 Å². The molecule has 3 rings (SSSR count). The standard InChI is InChI=1S/C16H13N3O2/c17-12-6-3-9-18-15(12)16(21)19-13-7-1-5-11-10(13)4-2-8-14(11)20/h1-9,20H,17H2,(H,19,21). The number of hydrogen-bond donors (Lipinski definition) is 3. The molecule has 0 radical (unpaired) electrons. The summed E-state index contributed by atoms with van der Waals surface area (Å²) in [5.74, 6) is -0.218. The smallest absolute Gasteiger partial charge is 0.276 e. The number of aromatic hydroxyl groups is 1. The Balaban J connectivity index is 2.01. The Bertz CT molecular complexity index is 831. The number of phenols is 1. The summed E-state index contributed by atoms with van der Waals surface area (Å²) in [6.07, 6.45) is 1.51. The number of rotatable bonds is 2. The van der Waals surface area contributed by atoms with E-state index < -0.39 is 0 Å². The number of nitrogens with zero attached hydrogens (tertiary/aromatic N) is 1. The van der Waals surface area contributed by atoms with Crippen molar-refractivity contribution in [1.29, 1.82) is 0 Å². The molecule has 0 aliphatic heterocycles. The van der Waals surface area contributed by atoms with Crippen LogP contribution >= 0.6 is 0 Å². The summed E-state index contributed by atoms with van der Waals surface area (Å²) in [4.78, 5) is 16.2. The number of pyridine rings is 1. The van der Waals surface area contributed by atoms with Crippen LogP contribution in [0, 0.1) is 0 Å². The molecule has 0 fully saturated rings. The van der Waals surface area contributed by atoms with Gasteiger partial charge in [0.05, 0.1) is 5.69 Å². The van der Waals surface area contributed by atoms with Crippen LogP contribution in [0.2, 0.25) is 0 Å². The number of nitrogens with two attached hydrogens (primary N) is 1. The monoisotopic (exact) mass is 279 g/mol. The SMILES string of the molecule is Nc1cccnc1C(=O)Nc1cccc2c(O)cccc12. The van der Waals surface area contributed by atoms with E-state index >= 15 is 0 Å². The highest BCUT2D eigenvalue weighted by atomic mass is 16.3. The zero-order valence-electron chi connectivity index (χ0n) is 11.1. The largest absolute Gasteiger partial charge is 0.507 e. The predicted octanol–water partition coefficient (Wildman–Crippen LogP) is 2.77. The summed E-state index contributed by atoms with van der Waals surface area (Å²) in [6, 6.07) is 13.8. The van der Waals surface area contributed by atoms with E-state index in [9.17, 15) is 9.90 Å². The molecule has 1 aromatic heterocycles. The van der Waals surface area contributed by atoms with Crippen molar-refractivity contribution < 1.29 is 9.90 Å². The number of aromatic nitrogens is 1. The molecule has 1 heterocycles. The molecule has 1 amide bonds. The van der Waals surface area contributed by atoms with E-state index in [4.69, 9.17) is 5.73 Å². The summed E-state index contributed by atoms with van der Waals surface area (Å²) in [6.45, 7) is 0. The van der Waals surface area contributed by atoms with Crippen molar-refractivity contribution in [1.82, 2.24) is 4.98 Å². The van der Waals surface area contributed by atoms with Crippen molar-refractivity contribution in [3.05, 3.63) is 60.4 Å². The summed E-state index contributed by atoms with van der Waals surface area (Å²) in [7, 11) is 0. The number of hydrogen-bond acceptors (Lipinski definition) is 4. The lowest BCUT2D eigenvalue weighted by molar-refractivity contribution is 0.102. The van der Waals surface area contributed by atoms with E-state index in [1.54, 1.807) is 42.5 Å². The molecule has 0 aliphatic carbocycles. The van der Waals surface area contributed by atoms with E-state index in [0.717, 1.165) is 5.39 Å². The second kappa shape index (κ2) is 5.13. The predicted molar refractivity (Wildman–Crippen MR) is 82.2 cm³/mol. The first kappa shape index (κ1) is 12.9. The highest BCUT2D eigenvalue weighted by Gasteiger charge is 2.12. The summed E-state index contributed by atoms with van der Waals surface area (Å²) in [5, 5.41) is 14.0. The highest BCUT2D eigenvalue weighted by Crippen LogP contribution is 2.30. The Labute approximate surface area is 121 Å². The summed E-state index contributed by atoms with van der Waals surface area (Å²) < 4.78 is 0. The van der Waals surface area contributed by atoms with Gasteiger partial charge in [-0.1, -0.05) is 24.3 Å². The quantitative estimate of drug-likeness (QED) is 0.673. The summed E-state index contributed by atoms with van der Waals surface area (Å²) in [5.41, 5.74) is 6.84. The topological polar surface area (TPSA) is 88.2 Å². The number of nitrogen functional groups attached to an aromatic ring is 1. The summed E-state index contributed by atoms with van der Waals surface area (Å²) >= 11 is 0. The van der Waals surface area contributed by atoms with Crippen molar-refractivity contribution in [2.75, 3.05) is 11.1 Å². The van der Waals surface area contributed by atoms with Gasteiger partial charge >= 0.3 is 0 Å². The van der Waals surface area contributed by atoms with Crippen molar-refractivity contribution in [3.8, 4) is 5.75 Å². The highest BCUT2D eigenvalue weighted by molar-refractivity contribution is 6.10. The van der Waals surface area contributed by atoms with Crippen LogP contribution in [0.3, 0.4) is 0 Å². The van der Waals surface area contributed by atoms with Gasteiger partial charge in [0.2, 0.25) is 0 Å². The van der Waals surface area contributed by atoms with Crippen molar-refractivity contribution >= 4 is 28.1 Å². The van der Waals surface area contributed by atoms with Crippen LogP contribution in [0.4, 0.5) is 11.4 Å². The third-order valence-electron chi connectivity index (χ3n) is 3.20. The van der Waals surface area contributed by atoms with Crippen LogP contribution in [0.5, 0.6) is 5.75 Å². The Morgan fingerprint density at radius 2 is 1.81 bits per heavy atom. The molecule has 0 atom stereocenters. The van der Waals surface area contributed by atoms with Gasteiger partial charge in [0.25, 0.3) is 5.91 Å². The molecule has 5 heteroatoms. The van der Waals surface area contributed by atoms with Gasteiger partial charge in [0, 0.05) is 22.7 Å². The average Bonchev–Trinajstić information content (AvgIpc) is 2.49. The Kier molecular flexibility index (Phi) is 3.16. The van der Waals surface area contributed by atoms with Gasteiger partial charge in [-0.3, -0.25) is 4.79 Å². The Hall–Kier alpha value is -3.08. The number of nitrogens with one attached hydrogen (secondary N) is 1. The first-order chi connectivity index (χ1) is 10.2. The Morgan fingerprint density at radius 1 is 1.05 bits per heavy atom. The van der Waals surface area contributed by atoms with Crippen LogP contribution in [-0.4, -0.2) is 16.0 Å². The molecule has 2 aromatic carbocycles. The second-order valence-electron chi connectivity index (χ2n) is 4.57. The van der Waals surface area contributed by atoms with E-state index in [1.165, 1.54) is 6.20 Å². The maximum atomic E-state index is 12.2. The minimum Gasteiger partial charge on any atom is -0.507 e. The number of carbonyl (C=O) groups excluding carboxylic acids is 1. The third-order valence-corrected chi connectivity index (χ3v) is 3.20. The lowest BCUT2D eigenvalue weighted by Gasteiger charge is -2.10. The Morgan fingerprint density at radius 3 is 2.62 bits per heavy atom. The molecule has 0 saturated carbocycles. The number of anilines is 2. The third kappa shape index (κ3) is 2.36. The van der Waals surface area contributed by atoms with Crippen LogP contribution in [0.1, 0.15) is 10.5 Å². The van der Waals surface area contributed by atoms with Gasteiger partial charge < -0.3 is 16.2 Å². The number of amides is 1. The molecule has 0 spiro atoms. The average molecular weight is 279 g/mol. The minimum atomic E-state index is -0.385. The number of phenolic OH excluding ortho intramolecular Hbond substituents is 1. The zero-order valence-corrected chi connectivity index (χ0v) is 11.1. The molecule has 5 nitrogen and oxygen atoms in total. The van der Waals surface area contributed by atoms with Crippen molar-refractivity contribution in [3.63, 3.8) is 0 Å². The van der Waals surface area contributed by atoms with Crippen molar-refractivity contribution in [2.24, 2.45) is 0 Å². The molecule has 4 N–H and O–H groups in total. The molecule has 21 heavy (non-hydrogen) atoms. The normalized spacial score (nSPS) is 10.5. The molecule has 3 aromatic rings. The fourth-order valence-corrected chi connectivity index (χ4v) is 2.19.